The third kappa shape index (κ3) is 4.98. The van der Waals surface area contributed by atoms with E-state index in [4.69, 9.17) is 9.47 Å². The van der Waals surface area contributed by atoms with Gasteiger partial charge in [0.15, 0.2) is 13.5 Å². The summed E-state index contributed by atoms with van der Waals surface area (Å²) in [6, 6.07) is 18.1. The van der Waals surface area contributed by atoms with Crippen LogP contribution in [0.2, 0.25) is 0 Å². The molecule has 2 heterocycles. The van der Waals surface area contributed by atoms with Crippen molar-refractivity contribution in [1.82, 2.24) is 9.80 Å². The van der Waals surface area contributed by atoms with E-state index in [1.165, 1.54) is 9.80 Å². The van der Waals surface area contributed by atoms with Crippen LogP contribution in [0.25, 0.3) is 11.4 Å². The number of ether oxygens (including phenoxy) is 2. The highest BCUT2D eigenvalue weighted by Gasteiger charge is 2.49. The number of carbonyl (C=O) groups is 4. The van der Waals surface area contributed by atoms with Crippen LogP contribution in [0.5, 0.6) is 0 Å². The molecule has 198 valence electrons. The van der Waals surface area contributed by atoms with Crippen molar-refractivity contribution in [2.75, 3.05) is 13.5 Å². The van der Waals surface area contributed by atoms with Gasteiger partial charge in [-0.1, -0.05) is 88.4 Å². The van der Waals surface area contributed by atoms with Crippen LogP contribution in [0.3, 0.4) is 0 Å². The van der Waals surface area contributed by atoms with Crippen LogP contribution >= 0.6 is 0 Å². The number of benzene rings is 2. The van der Waals surface area contributed by atoms with E-state index in [-0.39, 0.29) is 36.4 Å². The van der Waals surface area contributed by atoms with E-state index in [0.717, 1.165) is 0 Å². The van der Waals surface area contributed by atoms with Crippen LogP contribution in [0, 0.1) is 11.8 Å². The maximum absolute atomic E-state index is 13.9. The number of esters is 2. The van der Waals surface area contributed by atoms with Crippen LogP contribution < -0.4 is 0 Å². The molecule has 2 aromatic carbocycles. The Labute approximate surface area is 222 Å². The van der Waals surface area contributed by atoms with Gasteiger partial charge in [-0.05, 0) is 24.0 Å². The molecule has 2 aliphatic heterocycles. The van der Waals surface area contributed by atoms with E-state index in [0.29, 0.717) is 35.4 Å². The lowest BCUT2D eigenvalue weighted by molar-refractivity contribution is -0.154. The number of hydrogen-bond donors (Lipinski definition) is 0. The van der Waals surface area contributed by atoms with Crippen molar-refractivity contribution in [2.45, 2.75) is 40.5 Å². The summed E-state index contributed by atoms with van der Waals surface area (Å²) in [6.45, 7) is 6.64. The molecule has 0 aromatic heterocycles. The molecule has 4 rings (SSSR count). The monoisotopic (exact) mass is 516 g/mol. The van der Waals surface area contributed by atoms with Crippen molar-refractivity contribution >= 4 is 35.1 Å². The fourth-order valence-corrected chi connectivity index (χ4v) is 4.31. The number of hydrogen-bond acceptors (Lipinski definition) is 6. The molecule has 0 spiro atoms. The van der Waals surface area contributed by atoms with Crippen LogP contribution in [0.4, 0.5) is 0 Å². The van der Waals surface area contributed by atoms with Gasteiger partial charge in [0.2, 0.25) is 0 Å². The van der Waals surface area contributed by atoms with E-state index in [1.807, 2.05) is 50.2 Å². The maximum atomic E-state index is 13.9. The zero-order valence-corrected chi connectivity index (χ0v) is 22.1. The minimum absolute atomic E-state index is 0.194. The van der Waals surface area contributed by atoms with Gasteiger partial charge in [0.1, 0.15) is 0 Å². The molecule has 0 aliphatic carbocycles. The molecule has 0 fully saturated rings. The molecule has 0 saturated carbocycles. The Morgan fingerprint density at radius 3 is 1.32 bits per heavy atom. The average molecular weight is 517 g/mol. The molecule has 0 N–H and O–H groups in total. The van der Waals surface area contributed by atoms with Gasteiger partial charge in [-0.15, -0.1) is 0 Å². The number of nitrogens with zero attached hydrogens (tertiary/aromatic N) is 2. The largest absolute Gasteiger partial charge is 0.444 e. The van der Waals surface area contributed by atoms with Crippen LogP contribution in [-0.4, -0.2) is 47.0 Å². The zero-order valence-electron chi connectivity index (χ0n) is 22.1. The highest BCUT2D eigenvalue weighted by atomic mass is 16.6. The summed E-state index contributed by atoms with van der Waals surface area (Å²) in [7, 11) is 0. The van der Waals surface area contributed by atoms with Gasteiger partial charge in [-0.3, -0.25) is 29.0 Å². The minimum atomic E-state index is -0.459. The summed E-state index contributed by atoms with van der Waals surface area (Å²) in [5, 5.41) is 0. The molecular formula is C30H32N2O6. The Hall–Kier alpha value is -4.20. The minimum Gasteiger partial charge on any atom is -0.444 e. The summed E-state index contributed by atoms with van der Waals surface area (Å²) >= 11 is 0. The Balaban J connectivity index is 1.82. The lowest BCUT2D eigenvalue weighted by Gasteiger charge is -2.25. The van der Waals surface area contributed by atoms with E-state index < -0.39 is 23.8 Å². The van der Waals surface area contributed by atoms with Gasteiger partial charge < -0.3 is 9.47 Å². The number of amides is 2. The van der Waals surface area contributed by atoms with E-state index in [2.05, 4.69) is 0 Å². The Kier molecular flexibility index (Phi) is 8.10. The molecule has 0 saturated heterocycles. The molecule has 0 bridgehead atoms. The number of fused-ring (bicyclic) bond motifs is 1. The number of rotatable bonds is 10. The Morgan fingerprint density at radius 2 is 1.00 bits per heavy atom. The first kappa shape index (κ1) is 26.9. The van der Waals surface area contributed by atoms with Gasteiger partial charge >= 0.3 is 11.9 Å². The quantitative estimate of drug-likeness (QED) is 0.429. The fraction of sp³-hybridized carbons (Fsp3) is 0.333. The average Bonchev–Trinajstić information content (AvgIpc) is 3.40. The predicted octanol–water partition coefficient (Wildman–Crippen LogP) is 4.59. The highest BCUT2D eigenvalue weighted by Crippen LogP contribution is 2.46. The number of carbonyl (C=O) groups excluding carboxylic acids is 4. The van der Waals surface area contributed by atoms with Gasteiger partial charge in [0, 0.05) is 0 Å². The van der Waals surface area contributed by atoms with Crippen molar-refractivity contribution < 1.29 is 28.7 Å². The summed E-state index contributed by atoms with van der Waals surface area (Å²) in [5.41, 5.74) is 2.36. The van der Waals surface area contributed by atoms with Gasteiger partial charge in [0.05, 0.1) is 34.4 Å². The van der Waals surface area contributed by atoms with E-state index in [1.54, 1.807) is 38.1 Å². The van der Waals surface area contributed by atoms with Crippen molar-refractivity contribution in [1.29, 1.82) is 0 Å². The maximum Gasteiger partial charge on any atom is 0.310 e. The fourth-order valence-electron chi connectivity index (χ4n) is 4.31. The normalized spacial score (nSPS) is 16.6. The lowest BCUT2D eigenvalue weighted by atomic mass is 10.0. The molecule has 2 aromatic rings. The molecular weight excluding hydrogens is 484 g/mol. The van der Waals surface area contributed by atoms with Crippen LogP contribution in [-0.2, 0) is 28.7 Å². The first-order chi connectivity index (χ1) is 18.3. The first-order valence-corrected chi connectivity index (χ1v) is 12.9. The molecule has 0 radical (unpaired) electrons. The molecule has 8 heteroatoms. The zero-order chi connectivity index (χ0) is 27.4. The van der Waals surface area contributed by atoms with E-state index in [9.17, 15) is 19.2 Å². The highest BCUT2D eigenvalue weighted by molar-refractivity contribution is 6.30. The lowest BCUT2D eigenvalue weighted by Crippen LogP contribution is -2.34. The summed E-state index contributed by atoms with van der Waals surface area (Å²) < 4.78 is 11.0. The molecule has 2 atom stereocenters. The van der Waals surface area contributed by atoms with Gasteiger partial charge in [-0.25, -0.2) is 0 Å². The second kappa shape index (κ2) is 11.5. The Bertz CT molecular complexity index is 1200. The van der Waals surface area contributed by atoms with Crippen molar-refractivity contribution in [3.8, 4) is 0 Å². The van der Waals surface area contributed by atoms with Crippen molar-refractivity contribution in [3.63, 3.8) is 0 Å². The van der Waals surface area contributed by atoms with Crippen LogP contribution in [0.15, 0.2) is 71.8 Å². The van der Waals surface area contributed by atoms with Crippen molar-refractivity contribution in [3.05, 3.63) is 82.9 Å². The molecule has 2 amide bonds. The van der Waals surface area contributed by atoms with Gasteiger partial charge in [-0.2, -0.15) is 0 Å². The third-order valence-electron chi connectivity index (χ3n) is 6.98. The second-order valence-corrected chi connectivity index (χ2v) is 9.45. The summed E-state index contributed by atoms with van der Waals surface area (Å²) in [6.07, 6.45) is 1.21. The summed E-state index contributed by atoms with van der Waals surface area (Å²) in [5.74, 6) is -2.40. The molecule has 38 heavy (non-hydrogen) atoms. The first-order valence-electron chi connectivity index (χ1n) is 12.9. The van der Waals surface area contributed by atoms with Crippen LogP contribution in [0.1, 0.15) is 51.7 Å². The molecule has 2 aliphatic rings. The van der Waals surface area contributed by atoms with E-state index >= 15 is 0 Å². The Morgan fingerprint density at radius 1 is 0.658 bits per heavy atom. The SMILES string of the molecule is CCC(C)C(=O)OCN1C(=O)C2=C(c3ccccc3)N(COC(=O)C(C)CC)C(=O)C2=C1c1ccccc1. The second-order valence-electron chi connectivity index (χ2n) is 9.45. The smallest absolute Gasteiger partial charge is 0.310 e. The predicted molar refractivity (Wildman–Crippen MR) is 141 cm³/mol. The van der Waals surface area contributed by atoms with Crippen molar-refractivity contribution in [2.24, 2.45) is 11.8 Å². The molecule has 8 nitrogen and oxygen atoms in total. The third-order valence-corrected chi connectivity index (χ3v) is 6.98. The standard InChI is InChI=1S/C30H32N2O6/c1-5-19(3)29(35)37-17-31-25(21-13-9-7-10-14-21)23-24(27(31)33)26(22-15-11-8-12-16-22)32(28(23)34)18-38-30(36)20(4)6-2/h7-16,19-20H,5-6,17-18H2,1-4H3. The van der Waals surface area contributed by atoms with Gasteiger partial charge in [0.25, 0.3) is 11.8 Å². The molecule has 2 unspecified atom stereocenters. The summed E-state index contributed by atoms with van der Waals surface area (Å²) in [4.78, 5) is 55.4. The topological polar surface area (TPSA) is 93.2 Å².